The van der Waals surface area contributed by atoms with Crippen LogP contribution in [0.4, 0.5) is 0 Å². The summed E-state index contributed by atoms with van der Waals surface area (Å²) in [6.45, 7) is 2.80. The summed E-state index contributed by atoms with van der Waals surface area (Å²) in [4.78, 5) is 12.3. The van der Waals surface area contributed by atoms with Gasteiger partial charge in [-0.25, -0.2) is 8.42 Å². The lowest BCUT2D eigenvalue weighted by molar-refractivity contribution is 0.0958. The van der Waals surface area contributed by atoms with E-state index in [-0.39, 0.29) is 0 Å². The van der Waals surface area contributed by atoms with E-state index in [2.05, 4.69) is 0 Å². The number of carbonyl (C=O) groups excluding carboxylic acids is 1. The molecule has 0 amide bonds. The number of halogens is 1. The average molecular weight is 267 g/mol. The van der Waals surface area contributed by atoms with Crippen molar-refractivity contribution >= 4 is 38.6 Å². The zero-order chi connectivity index (χ0) is 11.9. The van der Waals surface area contributed by atoms with Gasteiger partial charge in [-0.2, -0.15) is 0 Å². The molecule has 0 aliphatic rings. The largest absolute Gasteiger partial charge is 0.292 e. The van der Waals surface area contributed by atoms with Crippen LogP contribution in [0.3, 0.4) is 0 Å². The monoisotopic (exact) mass is 266 g/mol. The average Bonchev–Trinajstić information content (AvgIpc) is 2.48. The highest BCUT2D eigenvalue weighted by molar-refractivity contribution is 7.92. The van der Waals surface area contributed by atoms with Crippen molar-refractivity contribution in [1.29, 1.82) is 0 Å². The molecule has 0 saturated heterocycles. The van der Waals surface area contributed by atoms with E-state index in [1.165, 1.54) is 13.8 Å². The fourth-order valence-electron chi connectivity index (χ4n) is 0.901. The molecule has 0 spiro atoms. The summed E-state index contributed by atoms with van der Waals surface area (Å²) in [6.07, 6.45) is 1.06. The highest BCUT2D eigenvalue weighted by Gasteiger charge is 2.39. The van der Waals surface area contributed by atoms with Crippen LogP contribution in [0.2, 0.25) is 4.34 Å². The Hall–Kier alpha value is -0.390. The molecule has 6 heteroatoms. The second kappa shape index (κ2) is 3.88. The zero-order valence-corrected chi connectivity index (χ0v) is 11.0. The molecular weight excluding hydrogens is 256 g/mol. The smallest absolute Gasteiger partial charge is 0.193 e. The van der Waals surface area contributed by atoms with Gasteiger partial charge in [0.2, 0.25) is 0 Å². The molecule has 1 rings (SSSR count). The highest BCUT2D eigenvalue weighted by Crippen LogP contribution is 2.28. The van der Waals surface area contributed by atoms with Gasteiger partial charge in [0.15, 0.2) is 15.6 Å². The summed E-state index contributed by atoms with van der Waals surface area (Å²) >= 11 is 6.78. The molecule has 0 atom stereocenters. The van der Waals surface area contributed by atoms with Crippen molar-refractivity contribution in [3.63, 3.8) is 0 Å². The first-order valence-corrected chi connectivity index (χ1v) is 7.24. The Labute approximate surface area is 98.0 Å². The summed E-state index contributed by atoms with van der Waals surface area (Å²) in [5.41, 5.74) is 0. The van der Waals surface area contributed by atoms with Gasteiger partial charge in [-0.15, -0.1) is 11.3 Å². The van der Waals surface area contributed by atoms with Gasteiger partial charge in [-0.05, 0) is 26.0 Å². The van der Waals surface area contributed by atoms with Crippen molar-refractivity contribution in [2.45, 2.75) is 18.6 Å². The van der Waals surface area contributed by atoms with Crippen LogP contribution in [0.1, 0.15) is 23.5 Å². The van der Waals surface area contributed by atoms with E-state index < -0.39 is 20.4 Å². The minimum atomic E-state index is -3.43. The molecule has 15 heavy (non-hydrogen) atoms. The van der Waals surface area contributed by atoms with E-state index in [1.54, 1.807) is 12.1 Å². The molecule has 84 valence electrons. The van der Waals surface area contributed by atoms with Crippen LogP contribution in [0, 0.1) is 0 Å². The molecule has 1 heterocycles. The molecular formula is C9H11ClO3S2. The SMILES string of the molecule is CC(C)(C(=O)c1ccc(Cl)s1)S(C)(=O)=O. The zero-order valence-electron chi connectivity index (χ0n) is 8.57. The van der Waals surface area contributed by atoms with Gasteiger partial charge >= 0.3 is 0 Å². The standard InChI is InChI=1S/C9H11ClO3S2/c1-9(2,15(3,12)13)8(11)6-4-5-7(10)14-6/h4-5H,1-3H3. The lowest BCUT2D eigenvalue weighted by Gasteiger charge is -2.19. The number of Topliss-reactive ketones (excluding diaryl/α,β-unsaturated/α-hetero) is 1. The van der Waals surface area contributed by atoms with Gasteiger partial charge in [-0.1, -0.05) is 11.6 Å². The Bertz CT molecular complexity index is 485. The first-order chi connectivity index (χ1) is 6.66. The molecule has 0 aliphatic carbocycles. The first kappa shape index (κ1) is 12.7. The van der Waals surface area contributed by atoms with Crippen molar-refractivity contribution in [2.75, 3.05) is 6.26 Å². The predicted molar refractivity (Wildman–Crippen MR) is 62.6 cm³/mol. The number of hydrogen-bond donors (Lipinski definition) is 0. The lowest BCUT2D eigenvalue weighted by atomic mass is 10.1. The van der Waals surface area contributed by atoms with Gasteiger partial charge in [0.05, 0.1) is 9.21 Å². The van der Waals surface area contributed by atoms with Crippen LogP contribution in [-0.4, -0.2) is 25.2 Å². The Morgan fingerprint density at radius 2 is 1.93 bits per heavy atom. The van der Waals surface area contributed by atoms with E-state index in [0.29, 0.717) is 9.21 Å². The Balaban J connectivity index is 3.16. The number of ketones is 1. The molecule has 3 nitrogen and oxygen atoms in total. The van der Waals surface area contributed by atoms with E-state index in [4.69, 9.17) is 11.6 Å². The molecule has 0 aromatic carbocycles. The Morgan fingerprint density at radius 3 is 2.27 bits per heavy atom. The van der Waals surface area contributed by atoms with Crippen LogP contribution < -0.4 is 0 Å². The molecule has 1 aromatic heterocycles. The summed E-state index contributed by atoms with van der Waals surface area (Å²) < 4.78 is 21.9. The maximum Gasteiger partial charge on any atom is 0.193 e. The fourth-order valence-corrected chi connectivity index (χ4v) is 2.56. The third-order valence-electron chi connectivity index (χ3n) is 2.27. The van der Waals surface area contributed by atoms with Gasteiger partial charge in [0.1, 0.15) is 4.75 Å². The van der Waals surface area contributed by atoms with Crippen molar-refractivity contribution in [2.24, 2.45) is 0 Å². The van der Waals surface area contributed by atoms with E-state index >= 15 is 0 Å². The molecule has 0 bridgehead atoms. The van der Waals surface area contributed by atoms with Crippen molar-refractivity contribution < 1.29 is 13.2 Å². The number of carbonyl (C=O) groups is 1. The van der Waals surface area contributed by atoms with E-state index in [1.807, 2.05) is 0 Å². The van der Waals surface area contributed by atoms with E-state index in [9.17, 15) is 13.2 Å². The molecule has 1 aromatic rings. The number of hydrogen-bond acceptors (Lipinski definition) is 4. The second-order valence-corrected chi connectivity index (χ2v) is 8.00. The van der Waals surface area contributed by atoms with Crippen molar-refractivity contribution in [3.05, 3.63) is 21.3 Å². The summed E-state index contributed by atoms with van der Waals surface area (Å²) in [5.74, 6) is -0.415. The molecule has 0 aliphatic heterocycles. The summed E-state index contributed by atoms with van der Waals surface area (Å²) in [5, 5.41) is 0. The fraction of sp³-hybridized carbons (Fsp3) is 0.444. The third kappa shape index (κ3) is 2.41. The van der Waals surface area contributed by atoms with Crippen molar-refractivity contribution in [3.8, 4) is 0 Å². The van der Waals surface area contributed by atoms with Crippen LogP contribution in [0.5, 0.6) is 0 Å². The van der Waals surface area contributed by atoms with E-state index in [0.717, 1.165) is 17.6 Å². The Kier molecular flexibility index (Phi) is 3.28. The molecule has 0 radical (unpaired) electrons. The number of sulfone groups is 1. The normalized spacial score (nSPS) is 12.8. The molecule has 0 unspecified atom stereocenters. The predicted octanol–water partition coefficient (Wildman–Crippen LogP) is 2.41. The topological polar surface area (TPSA) is 51.2 Å². The van der Waals surface area contributed by atoms with Gasteiger partial charge < -0.3 is 0 Å². The quantitative estimate of drug-likeness (QED) is 0.790. The molecule has 0 saturated carbocycles. The van der Waals surface area contributed by atoms with Gasteiger partial charge in [0.25, 0.3) is 0 Å². The second-order valence-electron chi connectivity index (χ2n) is 3.72. The van der Waals surface area contributed by atoms with Crippen LogP contribution in [0.15, 0.2) is 12.1 Å². The van der Waals surface area contributed by atoms with Crippen LogP contribution in [-0.2, 0) is 9.84 Å². The lowest BCUT2D eigenvalue weighted by Crippen LogP contribution is -2.39. The van der Waals surface area contributed by atoms with Gasteiger partial charge in [0, 0.05) is 6.26 Å². The van der Waals surface area contributed by atoms with Gasteiger partial charge in [-0.3, -0.25) is 4.79 Å². The Morgan fingerprint density at radius 1 is 1.40 bits per heavy atom. The maximum absolute atomic E-state index is 11.9. The van der Waals surface area contributed by atoms with Crippen LogP contribution in [0.25, 0.3) is 0 Å². The highest BCUT2D eigenvalue weighted by atomic mass is 35.5. The number of rotatable bonds is 3. The third-order valence-corrected chi connectivity index (χ3v) is 5.54. The summed E-state index contributed by atoms with van der Waals surface area (Å²) in [7, 11) is -3.43. The first-order valence-electron chi connectivity index (χ1n) is 4.16. The summed E-state index contributed by atoms with van der Waals surface area (Å²) in [6, 6.07) is 3.13. The van der Waals surface area contributed by atoms with Crippen molar-refractivity contribution in [1.82, 2.24) is 0 Å². The molecule has 0 N–H and O–H groups in total. The minimum Gasteiger partial charge on any atom is -0.292 e. The van der Waals surface area contributed by atoms with Crippen LogP contribution >= 0.6 is 22.9 Å². The maximum atomic E-state index is 11.9. The molecule has 0 fully saturated rings. The minimum absolute atomic E-state index is 0.371. The number of thiophene rings is 1.